The van der Waals surface area contributed by atoms with Crippen molar-refractivity contribution in [3.05, 3.63) is 34.8 Å². The van der Waals surface area contributed by atoms with Gasteiger partial charge in [0.25, 0.3) is 0 Å². The highest BCUT2D eigenvalue weighted by Crippen LogP contribution is 2.30. The summed E-state index contributed by atoms with van der Waals surface area (Å²) >= 11 is 3.50. The highest BCUT2D eigenvalue weighted by molar-refractivity contribution is 9.10. The van der Waals surface area contributed by atoms with Gasteiger partial charge in [-0.15, -0.1) is 0 Å². The number of ether oxygens (including phenoxy) is 2. The molecule has 1 spiro atoms. The molecule has 0 aliphatic carbocycles. The van der Waals surface area contributed by atoms with E-state index in [1.165, 1.54) is 0 Å². The van der Waals surface area contributed by atoms with E-state index < -0.39 is 0 Å². The van der Waals surface area contributed by atoms with Gasteiger partial charge in [0.15, 0.2) is 0 Å². The summed E-state index contributed by atoms with van der Waals surface area (Å²) in [6.45, 7) is 3.99. The first kappa shape index (κ1) is 13.5. The molecule has 2 aliphatic rings. The molecule has 0 radical (unpaired) electrons. The van der Waals surface area contributed by atoms with Gasteiger partial charge in [-0.3, -0.25) is 0 Å². The third kappa shape index (κ3) is 2.54. The summed E-state index contributed by atoms with van der Waals surface area (Å²) in [5.74, 6) is 1.03. The first-order chi connectivity index (χ1) is 10.2. The van der Waals surface area contributed by atoms with Crippen molar-refractivity contribution in [3.63, 3.8) is 0 Å². The maximum absolute atomic E-state index is 5.98. The highest BCUT2D eigenvalue weighted by atomic mass is 79.9. The lowest BCUT2D eigenvalue weighted by Gasteiger charge is -2.40. The number of benzene rings is 1. The van der Waals surface area contributed by atoms with Crippen LogP contribution in [0.3, 0.4) is 0 Å². The molecular weight excluding hydrogens is 332 g/mol. The van der Waals surface area contributed by atoms with Gasteiger partial charge in [-0.25, -0.2) is 4.98 Å². The number of hydrogen-bond donors (Lipinski definition) is 0. The summed E-state index contributed by atoms with van der Waals surface area (Å²) in [6, 6.07) is 10.4. The molecule has 1 aromatic heterocycles. The molecule has 0 amide bonds. The second kappa shape index (κ2) is 5.23. The Morgan fingerprint density at radius 2 is 2.14 bits per heavy atom. The summed E-state index contributed by atoms with van der Waals surface area (Å²) in [7, 11) is 0. The molecule has 2 aliphatic heterocycles. The molecular formula is C16H17BrN2O2. The second-order valence-corrected chi connectivity index (χ2v) is 6.68. The van der Waals surface area contributed by atoms with Crippen LogP contribution in [0.25, 0.3) is 10.9 Å². The molecule has 2 fully saturated rings. The molecule has 1 unspecified atom stereocenters. The third-order valence-corrected chi connectivity index (χ3v) is 4.77. The molecule has 1 atom stereocenters. The molecule has 3 heterocycles. The van der Waals surface area contributed by atoms with Gasteiger partial charge in [0.05, 0.1) is 25.3 Å². The second-order valence-electron chi connectivity index (χ2n) is 5.76. The maximum Gasteiger partial charge on any atom is 0.129 e. The predicted molar refractivity (Wildman–Crippen MR) is 85.8 cm³/mol. The summed E-state index contributed by atoms with van der Waals surface area (Å²) in [5.41, 5.74) is 0.896. The number of anilines is 1. The van der Waals surface area contributed by atoms with Gasteiger partial charge in [0.1, 0.15) is 11.4 Å². The van der Waals surface area contributed by atoms with Crippen molar-refractivity contribution in [1.29, 1.82) is 0 Å². The molecule has 4 rings (SSSR count). The van der Waals surface area contributed by atoms with E-state index >= 15 is 0 Å². The zero-order valence-electron chi connectivity index (χ0n) is 11.7. The predicted octanol–water partition coefficient (Wildman–Crippen LogP) is 2.99. The number of halogens is 1. The van der Waals surface area contributed by atoms with E-state index in [4.69, 9.17) is 14.5 Å². The Hall–Kier alpha value is -1.17. The van der Waals surface area contributed by atoms with Gasteiger partial charge in [-0.1, -0.05) is 15.9 Å². The van der Waals surface area contributed by atoms with Gasteiger partial charge < -0.3 is 14.4 Å². The van der Waals surface area contributed by atoms with Crippen molar-refractivity contribution < 1.29 is 9.47 Å². The van der Waals surface area contributed by atoms with Crippen LogP contribution in [0.1, 0.15) is 6.42 Å². The Kier molecular flexibility index (Phi) is 3.36. The van der Waals surface area contributed by atoms with Gasteiger partial charge in [0.2, 0.25) is 0 Å². The largest absolute Gasteiger partial charge is 0.378 e. The summed E-state index contributed by atoms with van der Waals surface area (Å²) in [5, 5.41) is 1.15. The summed E-state index contributed by atoms with van der Waals surface area (Å²) in [6.07, 6.45) is 0.976. The van der Waals surface area contributed by atoms with Crippen molar-refractivity contribution in [2.24, 2.45) is 0 Å². The van der Waals surface area contributed by atoms with Gasteiger partial charge in [0, 0.05) is 29.4 Å². The standard InChI is InChI=1S/C16H17BrN2O2/c17-13-2-3-14-12(9-13)1-4-15(18-14)19-6-8-21-16(10-19)5-7-20-11-16/h1-4,9H,5-8,10-11H2. The van der Waals surface area contributed by atoms with Gasteiger partial charge in [-0.2, -0.15) is 0 Å². The Morgan fingerprint density at radius 1 is 1.19 bits per heavy atom. The zero-order valence-corrected chi connectivity index (χ0v) is 13.3. The fourth-order valence-electron chi connectivity index (χ4n) is 3.13. The maximum atomic E-state index is 5.98. The number of morpholine rings is 1. The Bertz CT molecular complexity index is 670. The smallest absolute Gasteiger partial charge is 0.129 e. The van der Waals surface area contributed by atoms with Crippen LogP contribution in [0.2, 0.25) is 0 Å². The van der Waals surface area contributed by atoms with Crippen LogP contribution in [-0.2, 0) is 9.47 Å². The number of nitrogens with zero attached hydrogens (tertiary/aromatic N) is 2. The third-order valence-electron chi connectivity index (χ3n) is 4.28. The quantitative estimate of drug-likeness (QED) is 0.793. The van der Waals surface area contributed by atoms with Gasteiger partial charge >= 0.3 is 0 Å². The van der Waals surface area contributed by atoms with E-state index in [1.54, 1.807) is 0 Å². The van der Waals surface area contributed by atoms with E-state index in [-0.39, 0.29) is 5.60 Å². The van der Waals surface area contributed by atoms with Crippen LogP contribution in [-0.4, -0.2) is 43.5 Å². The molecule has 0 bridgehead atoms. The van der Waals surface area contributed by atoms with Crippen molar-refractivity contribution in [3.8, 4) is 0 Å². The average molecular weight is 349 g/mol. The van der Waals surface area contributed by atoms with E-state index in [9.17, 15) is 0 Å². The number of rotatable bonds is 1. The Morgan fingerprint density at radius 3 is 3.00 bits per heavy atom. The zero-order chi connectivity index (χ0) is 14.3. The molecule has 0 N–H and O–H groups in total. The van der Waals surface area contributed by atoms with Crippen LogP contribution in [0.5, 0.6) is 0 Å². The van der Waals surface area contributed by atoms with Crippen LogP contribution < -0.4 is 4.90 Å². The number of pyridine rings is 1. The van der Waals surface area contributed by atoms with Crippen LogP contribution in [0.4, 0.5) is 5.82 Å². The Balaban J connectivity index is 1.64. The first-order valence-corrected chi connectivity index (χ1v) is 8.06. The lowest BCUT2D eigenvalue weighted by atomic mass is 10.0. The van der Waals surface area contributed by atoms with Crippen LogP contribution in [0, 0.1) is 0 Å². The van der Waals surface area contributed by atoms with Crippen molar-refractivity contribution in [2.45, 2.75) is 12.0 Å². The molecule has 5 heteroatoms. The summed E-state index contributed by atoms with van der Waals surface area (Å²) in [4.78, 5) is 7.12. The van der Waals surface area contributed by atoms with E-state index in [0.29, 0.717) is 6.61 Å². The first-order valence-electron chi connectivity index (χ1n) is 7.27. The van der Waals surface area contributed by atoms with Crippen molar-refractivity contribution >= 4 is 32.7 Å². The number of fused-ring (bicyclic) bond motifs is 1. The molecule has 4 nitrogen and oxygen atoms in total. The lowest BCUT2D eigenvalue weighted by molar-refractivity contribution is -0.0581. The van der Waals surface area contributed by atoms with Crippen LogP contribution >= 0.6 is 15.9 Å². The average Bonchev–Trinajstić information content (AvgIpc) is 2.94. The Labute approximate surface area is 132 Å². The fourth-order valence-corrected chi connectivity index (χ4v) is 3.51. The van der Waals surface area contributed by atoms with E-state index in [0.717, 1.165) is 53.9 Å². The monoisotopic (exact) mass is 348 g/mol. The fraction of sp³-hybridized carbons (Fsp3) is 0.438. The van der Waals surface area contributed by atoms with Crippen molar-refractivity contribution in [1.82, 2.24) is 4.98 Å². The van der Waals surface area contributed by atoms with Crippen molar-refractivity contribution in [2.75, 3.05) is 37.8 Å². The summed E-state index contributed by atoms with van der Waals surface area (Å²) < 4.78 is 12.6. The molecule has 0 saturated carbocycles. The minimum absolute atomic E-state index is 0.130. The normalized spacial score (nSPS) is 25.9. The number of hydrogen-bond acceptors (Lipinski definition) is 4. The minimum Gasteiger partial charge on any atom is -0.378 e. The van der Waals surface area contributed by atoms with Crippen LogP contribution in [0.15, 0.2) is 34.8 Å². The lowest BCUT2D eigenvalue weighted by Crippen LogP contribution is -2.52. The number of aromatic nitrogens is 1. The molecule has 110 valence electrons. The highest BCUT2D eigenvalue weighted by Gasteiger charge is 2.40. The molecule has 2 aromatic rings. The SMILES string of the molecule is Brc1ccc2nc(N3CCOC4(CCOC4)C3)ccc2c1. The molecule has 1 aromatic carbocycles. The molecule has 2 saturated heterocycles. The molecule has 21 heavy (non-hydrogen) atoms. The van der Waals surface area contributed by atoms with Gasteiger partial charge in [-0.05, 0) is 30.3 Å². The van der Waals surface area contributed by atoms with E-state index in [1.807, 2.05) is 6.07 Å². The minimum atomic E-state index is -0.130. The topological polar surface area (TPSA) is 34.6 Å². The van der Waals surface area contributed by atoms with E-state index in [2.05, 4.69) is 45.1 Å².